The quantitative estimate of drug-likeness (QED) is 0.302. The van der Waals surface area contributed by atoms with Crippen molar-refractivity contribution in [2.75, 3.05) is 13.1 Å². The fraction of sp³-hybridized carbons (Fsp3) is 0.406. The molecule has 240 valence electrons. The summed E-state index contributed by atoms with van der Waals surface area (Å²) >= 11 is 0. The highest BCUT2D eigenvalue weighted by Gasteiger charge is 2.33. The maximum atomic E-state index is 12.1. The van der Waals surface area contributed by atoms with E-state index >= 15 is 0 Å². The molecule has 3 atom stereocenters. The van der Waals surface area contributed by atoms with Gasteiger partial charge < -0.3 is 15.4 Å². The van der Waals surface area contributed by atoms with Crippen LogP contribution in [0.2, 0.25) is 0 Å². The van der Waals surface area contributed by atoms with Crippen molar-refractivity contribution >= 4 is 26.2 Å². The fourth-order valence-electron chi connectivity index (χ4n) is 4.91. The summed E-state index contributed by atoms with van der Waals surface area (Å²) in [4.78, 5) is 14.4. The number of carbonyl (C=O) groups is 1. The Morgan fingerprint density at radius 1 is 0.864 bits per heavy atom. The van der Waals surface area contributed by atoms with Crippen LogP contribution < -0.4 is 5.73 Å². The Labute approximate surface area is 260 Å². The second-order valence-electron chi connectivity index (χ2n) is 11.4. The highest BCUT2D eigenvalue weighted by molar-refractivity contribution is 7.86. The Kier molecular flexibility index (Phi) is 12.1. The molecule has 1 saturated heterocycles. The molecular weight excluding hydrogens is 604 g/mol. The normalized spacial score (nSPS) is 20.0. The molecule has 5 rings (SSSR count). The molecule has 1 aliphatic carbocycles. The van der Waals surface area contributed by atoms with Crippen LogP contribution in [0.5, 0.6) is 0 Å². The molecule has 2 aromatic carbocycles. The van der Waals surface area contributed by atoms with Crippen LogP contribution in [-0.2, 0) is 29.8 Å². The Balaban J connectivity index is 0.000000202. The van der Waals surface area contributed by atoms with Gasteiger partial charge in [-0.1, -0.05) is 73.5 Å². The van der Waals surface area contributed by atoms with E-state index in [-0.39, 0.29) is 27.8 Å². The van der Waals surface area contributed by atoms with Crippen molar-refractivity contribution < 1.29 is 35.5 Å². The lowest BCUT2D eigenvalue weighted by atomic mass is 9.83. The molecule has 2 aromatic rings. The zero-order chi connectivity index (χ0) is 32.7. The standard InChI is InChI=1S/C18H26N2O2.2C7H8O3S/c1-12(2)17(19)18(21)22-14-8-10-20-9-7-13-5-3-4-6-15(13)16(20)11-14;2*1-6-2-4-7(5-3-6)11(8,9)10/h3-6,12-14,17H,7-11,19H2,1-2H3;2*2-5H,1H3,(H,8,9,10)/t13?,14?,17-;;/m0../s1. The number of nitrogens with two attached hydrogens (primary N) is 1. The Morgan fingerprint density at radius 2 is 1.36 bits per heavy atom. The van der Waals surface area contributed by atoms with Crippen molar-refractivity contribution in [3.63, 3.8) is 0 Å². The van der Waals surface area contributed by atoms with Crippen LogP contribution in [-0.4, -0.2) is 62.0 Å². The highest BCUT2D eigenvalue weighted by atomic mass is 32.2. The molecule has 2 aliphatic heterocycles. The van der Waals surface area contributed by atoms with E-state index in [1.54, 1.807) is 24.3 Å². The average molecular weight is 647 g/mol. The zero-order valence-electron chi connectivity index (χ0n) is 25.5. The van der Waals surface area contributed by atoms with Gasteiger partial charge >= 0.3 is 5.97 Å². The number of rotatable bonds is 5. The van der Waals surface area contributed by atoms with E-state index < -0.39 is 26.3 Å². The molecule has 0 spiro atoms. The number of carbonyl (C=O) groups excluding carboxylic acids is 1. The van der Waals surface area contributed by atoms with Gasteiger partial charge in [0.05, 0.1) is 9.79 Å². The molecule has 0 aromatic heterocycles. The summed E-state index contributed by atoms with van der Waals surface area (Å²) in [5.74, 6) is 0.384. The van der Waals surface area contributed by atoms with Crippen LogP contribution in [0.25, 0.3) is 0 Å². The van der Waals surface area contributed by atoms with Gasteiger partial charge in [0.1, 0.15) is 12.1 Å². The lowest BCUT2D eigenvalue weighted by Gasteiger charge is -2.42. The first kappa shape index (κ1) is 35.2. The summed E-state index contributed by atoms with van der Waals surface area (Å²) in [5.41, 5.74) is 10.6. The molecule has 10 nitrogen and oxygen atoms in total. The Hall–Kier alpha value is -3.29. The van der Waals surface area contributed by atoms with Crippen LogP contribution in [0.4, 0.5) is 0 Å². The minimum atomic E-state index is -4.02. The molecule has 4 N–H and O–H groups in total. The summed E-state index contributed by atoms with van der Waals surface area (Å²) in [6, 6.07) is 11.5. The second kappa shape index (κ2) is 15.1. The number of esters is 1. The molecule has 0 radical (unpaired) electrons. The molecule has 0 saturated carbocycles. The SMILES string of the molecule is CC(C)[C@H](N)C(=O)OC1CCN2CCC3C=CC=CC3=C2C1.Cc1ccc(S(=O)(=O)O)cc1.Cc1ccc(S(=O)(=O)O)cc1. The third kappa shape index (κ3) is 10.1. The summed E-state index contributed by atoms with van der Waals surface area (Å²) in [6.45, 7) is 9.65. The van der Waals surface area contributed by atoms with Crippen molar-refractivity contribution in [3.05, 3.63) is 95.2 Å². The van der Waals surface area contributed by atoms with Crippen LogP contribution in [0.3, 0.4) is 0 Å². The van der Waals surface area contributed by atoms with Crippen molar-refractivity contribution in [2.45, 2.75) is 68.9 Å². The van der Waals surface area contributed by atoms with Crippen LogP contribution in [0.15, 0.2) is 93.9 Å². The summed E-state index contributed by atoms with van der Waals surface area (Å²) in [6.07, 6.45) is 11.6. The smallest absolute Gasteiger partial charge is 0.323 e. The predicted octanol–water partition coefficient (Wildman–Crippen LogP) is 4.86. The zero-order valence-corrected chi connectivity index (χ0v) is 27.1. The predicted molar refractivity (Wildman–Crippen MR) is 169 cm³/mol. The maximum Gasteiger partial charge on any atom is 0.323 e. The average Bonchev–Trinajstić information content (AvgIpc) is 2.97. The topological polar surface area (TPSA) is 164 Å². The molecule has 2 unspecified atom stereocenters. The number of ether oxygens (including phenoxy) is 1. The summed E-state index contributed by atoms with van der Waals surface area (Å²) in [5, 5.41) is 0. The van der Waals surface area contributed by atoms with E-state index in [0.717, 1.165) is 37.1 Å². The molecule has 1 fully saturated rings. The first-order valence-electron chi connectivity index (χ1n) is 14.4. The van der Waals surface area contributed by atoms with Gasteiger partial charge in [-0.25, -0.2) is 0 Å². The molecular formula is C32H42N2O8S2. The second-order valence-corrected chi connectivity index (χ2v) is 14.3. The van der Waals surface area contributed by atoms with Crippen molar-refractivity contribution in [1.29, 1.82) is 0 Å². The number of aryl methyl sites for hydroxylation is 2. The molecule has 3 aliphatic rings. The van der Waals surface area contributed by atoms with Crippen LogP contribution >= 0.6 is 0 Å². The van der Waals surface area contributed by atoms with Crippen molar-refractivity contribution in [2.24, 2.45) is 17.6 Å². The first-order chi connectivity index (χ1) is 20.6. The monoisotopic (exact) mass is 646 g/mol. The van der Waals surface area contributed by atoms with Gasteiger partial charge in [0.15, 0.2) is 0 Å². The van der Waals surface area contributed by atoms with Crippen molar-refractivity contribution in [1.82, 2.24) is 4.90 Å². The minimum Gasteiger partial charge on any atom is -0.461 e. The van der Waals surface area contributed by atoms with Crippen LogP contribution in [0, 0.1) is 25.7 Å². The van der Waals surface area contributed by atoms with Gasteiger partial charge in [-0.05, 0) is 56.0 Å². The number of hydrogen-bond donors (Lipinski definition) is 3. The molecule has 44 heavy (non-hydrogen) atoms. The van der Waals surface area contributed by atoms with Gasteiger partial charge in [0.25, 0.3) is 20.2 Å². The van der Waals surface area contributed by atoms with E-state index in [9.17, 15) is 21.6 Å². The van der Waals surface area contributed by atoms with Gasteiger partial charge in [0, 0.05) is 37.5 Å². The van der Waals surface area contributed by atoms with E-state index in [4.69, 9.17) is 19.6 Å². The van der Waals surface area contributed by atoms with E-state index in [1.165, 1.54) is 42.0 Å². The van der Waals surface area contributed by atoms with Gasteiger partial charge in [0.2, 0.25) is 0 Å². The number of nitrogens with zero attached hydrogens (tertiary/aromatic N) is 1. The summed E-state index contributed by atoms with van der Waals surface area (Å²) < 4.78 is 64.8. The number of piperidine rings is 1. The van der Waals surface area contributed by atoms with Gasteiger partial charge in [-0.3, -0.25) is 13.9 Å². The lowest BCUT2D eigenvalue weighted by molar-refractivity contribution is -0.153. The lowest BCUT2D eigenvalue weighted by Crippen LogP contribution is -2.44. The Morgan fingerprint density at radius 3 is 1.84 bits per heavy atom. The molecule has 12 heteroatoms. The minimum absolute atomic E-state index is 0.0332. The van der Waals surface area contributed by atoms with E-state index in [1.807, 2.05) is 27.7 Å². The highest BCUT2D eigenvalue weighted by Crippen LogP contribution is 2.37. The van der Waals surface area contributed by atoms with Gasteiger partial charge in [-0.2, -0.15) is 16.8 Å². The fourth-order valence-corrected chi connectivity index (χ4v) is 5.87. The molecule has 0 amide bonds. The van der Waals surface area contributed by atoms with E-state index in [2.05, 4.69) is 29.2 Å². The number of allylic oxidation sites excluding steroid dienone is 5. The number of benzene rings is 2. The first-order valence-corrected chi connectivity index (χ1v) is 17.3. The third-order valence-corrected chi connectivity index (χ3v) is 9.34. The number of hydrogen-bond acceptors (Lipinski definition) is 8. The van der Waals surface area contributed by atoms with E-state index in [0.29, 0.717) is 5.92 Å². The maximum absolute atomic E-state index is 12.1. The largest absolute Gasteiger partial charge is 0.461 e. The van der Waals surface area contributed by atoms with Gasteiger partial charge in [-0.15, -0.1) is 0 Å². The number of fused-ring (bicyclic) bond motifs is 2. The third-order valence-electron chi connectivity index (χ3n) is 7.61. The summed E-state index contributed by atoms with van der Waals surface area (Å²) in [7, 11) is -8.04. The molecule has 2 heterocycles. The van der Waals surface area contributed by atoms with Crippen molar-refractivity contribution in [3.8, 4) is 0 Å². The molecule has 0 bridgehead atoms. The Bertz CT molecular complexity index is 1520. The van der Waals surface area contributed by atoms with Crippen LogP contribution in [0.1, 0.15) is 44.2 Å².